The Hall–Kier alpha value is -2.51. The van der Waals surface area contributed by atoms with E-state index in [0.29, 0.717) is 13.1 Å². The summed E-state index contributed by atoms with van der Waals surface area (Å²) in [4.78, 5) is 25.7. The van der Waals surface area contributed by atoms with E-state index in [-0.39, 0.29) is 11.4 Å². The molecule has 0 spiro atoms. The first-order valence-corrected chi connectivity index (χ1v) is 5.23. The van der Waals surface area contributed by atoms with Gasteiger partial charge < -0.3 is 5.11 Å². The SMILES string of the molecule is Cc1cnc(=O)n(CCn2cc(C(=O)O)nn2)c1. The second-order valence-electron chi connectivity index (χ2n) is 3.78. The zero-order valence-corrected chi connectivity index (χ0v) is 9.65. The van der Waals surface area contributed by atoms with Crippen LogP contribution in [0.2, 0.25) is 0 Å². The van der Waals surface area contributed by atoms with Crippen molar-refractivity contribution in [1.29, 1.82) is 0 Å². The maximum absolute atomic E-state index is 11.4. The van der Waals surface area contributed by atoms with Gasteiger partial charge in [0.1, 0.15) is 0 Å². The zero-order chi connectivity index (χ0) is 13.1. The summed E-state index contributed by atoms with van der Waals surface area (Å²) >= 11 is 0. The molecule has 1 N–H and O–H groups in total. The van der Waals surface area contributed by atoms with E-state index in [4.69, 9.17) is 5.11 Å². The van der Waals surface area contributed by atoms with Crippen molar-refractivity contribution in [2.75, 3.05) is 0 Å². The molecule has 0 fully saturated rings. The maximum atomic E-state index is 11.4. The first-order valence-electron chi connectivity index (χ1n) is 5.23. The first-order chi connectivity index (χ1) is 8.56. The lowest BCUT2D eigenvalue weighted by Gasteiger charge is -2.04. The molecular weight excluding hydrogens is 238 g/mol. The fourth-order valence-electron chi connectivity index (χ4n) is 1.44. The minimum Gasteiger partial charge on any atom is -0.476 e. The van der Waals surface area contributed by atoms with Gasteiger partial charge in [-0.3, -0.25) is 4.57 Å². The molecule has 8 heteroatoms. The summed E-state index contributed by atoms with van der Waals surface area (Å²) in [6, 6.07) is 0. The summed E-state index contributed by atoms with van der Waals surface area (Å²) < 4.78 is 2.82. The van der Waals surface area contributed by atoms with Gasteiger partial charge >= 0.3 is 11.7 Å². The molecule has 0 aromatic carbocycles. The van der Waals surface area contributed by atoms with E-state index in [1.165, 1.54) is 21.6 Å². The number of nitrogens with zero attached hydrogens (tertiary/aromatic N) is 5. The van der Waals surface area contributed by atoms with Crippen molar-refractivity contribution in [1.82, 2.24) is 24.5 Å². The van der Waals surface area contributed by atoms with Crippen molar-refractivity contribution in [3.63, 3.8) is 0 Å². The van der Waals surface area contributed by atoms with Gasteiger partial charge in [-0.05, 0) is 12.5 Å². The third-order valence-electron chi connectivity index (χ3n) is 2.31. The highest BCUT2D eigenvalue weighted by Crippen LogP contribution is 1.95. The Morgan fingerprint density at radius 1 is 1.39 bits per heavy atom. The van der Waals surface area contributed by atoms with Gasteiger partial charge in [-0.1, -0.05) is 5.21 Å². The monoisotopic (exact) mass is 249 g/mol. The van der Waals surface area contributed by atoms with Gasteiger partial charge in [0.25, 0.3) is 0 Å². The topological polar surface area (TPSA) is 103 Å². The van der Waals surface area contributed by atoms with Crippen molar-refractivity contribution >= 4 is 5.97 Å². The summed E-state index contributed by atoms with van der Waals surface area (Å²) in [6.07, 6.45) is 4.50. The summed E-state index contributed by atoms with van der Waals surface area (Å²) in [7, 11) is 0. The third-order valence-corrected chi connectivity index (χ3v) is 2.31. The number of aromatic nitrogens is 5. The van der Waals surface area contributed by atoms with Crippen LogP contribution in [0, 0.1) is 6.92 Å². The van der Waals surface area contributed by atoms with Crippen molar-refractivity contribution in [3.8, 4) is 0 Å². The lowest BCUT2D eigenvalue weighted by Crippen LogP contribution is -2.24. The van der Waals surface area contributed by atoms with Crippen LogP contribution in [0.1, 0.15) is 16.1 Å². The van der Waals surface area contributed by atoms with Gasteiger partial charge in [0, 0.05) is 18.9 Å². The van der Waals surface area contributed by atoms with Crippen LogP contribution in [-0.4, -0.2) is 35.6 Å². The van der Waals surface area contributed by atoms with Crippen molar-refractivity contribution in [3.05, 3.63) is 40.3 Å². The highest BCUT2D eigenvalue weighted by molar-refractivity contribution is 5.84. The first kappa shape index (κ1) is 12.0. The smallest absolute Gasteiger partial charge is 0.358 e. The van der Waals surface area contributed by atoms with Crippen LogP contribution in [0.3, 0.4) is 0 Å². The average molecular weight is 249 g/mol. The molecule has 0 saturated heterocycles. The number of aromatic carboxylic acids is 1. The summed E-state index contributed by atoms with van der Waals surface area (Å²) in [5.41, 5.74) is 0.406. The van der Waals surface area contributed by atoms with Gasteiger partial charge in [-0.15, -0.1) is 5.10 Å². The summed E-state index contributed by atoms with van der Waals surface area (Å²) in [5.74, 6) is -1.13. The van der Waals surface area contributed by atoms with E-state index in [1.54, 1.807) is 6.20 Å². The lowest BCUT2D eigenvalue weighted by molar-refractivity contribution is 0.0690. The Morgan fingerprint density at radius 3 is 2.83 bits per heavy atom. The Bertz CT molecular complexity index is 630. The van der Waals surface area contributed by atoms with Crippen LogP contribution in [0.4, 0.5) is 0 Å². The molecule has 2 aromatic heterocycles. The van der Waals surface area contributed by atoms with Crippen LogP contribution in [0.5, 0.6) is 0 Å². The number of hydrogen-bond acceptors (Lipinski definition) is 5. The molecule has 0 bridgehead atoms. The largest absolute Gasteiger partial charge is 0.476 e. The summed E-state index contributed by atoms with van der Waals surface area (Å²) in [6.45, 7) is 2.54. The predicted molar refractivity (Wildman–Crippen MR) is 60.2 cm³/mol. The molecule has 0 saturated carbocycles. The molecule has 94 valence electrons. The number of carboxylic acids is 1. The molecule has 2 aromatic rings. The van der Waals surface area contributed by atoms with Crippen LogP contribution in [-0.2, 0) is 13.1 Å². The number of rotatable bonds is 4. The van der Waals surface area contributed by atoms with Gasteiger partial charge in [-0.2, -0.15) is 0 Å². The third kappa shape index (κ3) is 2.59. The zero-order valence-electron chi connectivity index (χ0n) is 9.65. The number of aryl methyl sites for hydroxylation is 3. The van der Waals surface area contributed by atoms with Crippen molar-refractivity contribution in [2.45, 2.75) is 20.0 Å². The van der Waals surface area contributed by atoms with E-state index in [1.807, 2.05) is 6.92 Å². The molecule has 18 heavy (non-hydrogen) atoms. The van der Waals surface area contributed by atoms with Crippen LogP contribution in [0.25, 0.3) is 0 Å². The van der Waals surface area contributed by atoms with Gasteiger partial charge in [-0.25, -0.2) is 19.3 Å². The normalized spacial score (nSPS) is 10.5. The highest BCUT2D eigenvalue weighted by atomic mass is 16.4. The molecule has 0 aliphatic rings. The van der Waals surface area contributed by atoms with Crippen molar-refractivity contribution in [2.24, 2.45) is 0 Å². The Kier molecular flexibility index (Phi) is 3.18. The van der Waals surface area contributed by atoms with E-state index in [9.17, 15) is 9.59 Å². The fraction of sp³-hybridized carbons (Fsp3) is 0.300. The fourth-order valence-corrected chi connectivity index (χ4v) is 1.44. The standard InChI is InChI=1S/C10H11N5O3/c1-7-4-11-10(18)14(5-7)2-3-15-6-8(9(16)17)12-13-15/h4-6H,2-3H2,1H3,(H,16,17). The number of carboxylic acid groups (broad SMARTS) is 1. The van der Waals surface area contributed by atoms with Crippen molar-refractivity contribution < 1.29 is 9.90 Å². The molecule has 0 radical (unpaired) electrons. The quantitative estimate of drug-likeness (QED) is 0.786. The molecule has 0 aliphatic heterocycles. The van der Waals surface area contributed by atoms with E-state index in [0.717, 1.165) is 5.56 Å². The molecule has 2 heterocycles. The van der Waals surface area contributed by atoms with Gasteiger partial charge in [0.15, 0.2) is 5.69 Å². The molecule has 2 rings (SSSR count). The second-order valence-corrected chi connectivity index (χ2v) is 3.78. The Balaban J connectivity index is 2.09. The highest BCUT2D eigenvalue weighted by Gasteiger charge is 2.08. The summed E-state index contributed by atoms with van der Waals surface area (Å²) in [5, 5.41) is 15.8. The van der Waals surface area contributed by atoms with Gasteiger partial charge in [0.05, 0.1) is 12.7 Å². The van der Waals surface area contributed by atoms with Crippen LogP contribution >= 0.6 is 0 Å². The molecule has 0 atom stereocenters. The molecule has 0 amide bonds. The molecule has 0 unspecified atom stereocenters. The Morgan fingerprint density at radius 2 is 2.17 bits per heavy atom. The number of carbonyl (C=O) groups is 1. The Labute approximate surface area is 102 Å². The minimum atomic E-state index is -1.13. The van der Waals surface area contributed by atoms with E-state index >= 15 is 0 Å². The van der Waals surface area contributed by atoms with E-state index < -0.39 is 5.97 Å². The van der Waals surface area contributed by atoms with E-state index in [2.05, 4.69) is 15.3 Å². The molecule has 8 nitrogen and oxygen atoms in total. The molecular formula is C10H11N5O3. The maximum Gasteiger partial charge on any atom is 0.358 e. The molecule has 0 aliphatic carbocycles. The van der Waals surface area contributed by atoms with Gasteiger partial charge in [0.2, 0.25) is 0 Å². The lowest BCUT2D eigenvalue weighted by atomic mass is 10.4. The number of hydrogen-bond donors (Lipinski definition) is 1. The predicted octanol–water partition coefficient (Wildman–Crippen LogP) is -0.458. The minimum absolute atomic E-state index is 0.121. The second kappa shape index (κ2) is 4.78. The van der Waals surface area contributed by atoms with Crippen LogP contribution in [0.15, 0.2) is 23.4 Å². The average Bonchev–Trinajstić information content (AvgIpc) is 2.79. The van der Waals surface area contributed by atoms with Crippen LogP contribution < -0.4 is 5.69 Å².